The van der Waals surface area contributed by atoms with Gasteiger partial charge >= 0.3 is 0 Å². The molecule has 3 fully saturated rings. The fourth-order valence-corrected chi connectivity index (χ4v) is 6.79. The highest BCUT2D eigenvalue weighted by molar-refractivity contribution is 5.99. The summed E-state index contributed by atoms with van der Waals surface area (Å²) in [6.07, 6.45) is 7.60. The summed E-state index contributed by atoms with van der Waals surface area (Å²) in [6.45, 7) is 10.0. The number of nitrogens with zero attached hydrogens (tertiary/aromatic N) is 3. The van der Waals surface area contributed by atoms with Crippen LogP contribution >= 0.6 is 0 Å². The molecule has 3 amide bonds. The highest BCUT2D eigenvalue weighted by Crippen LogP contribution is 2.38. The molecule has 4 atom stereocenters. The zero-order chi connectivity index (χ0) is 28.6. The van der Waals surface area contributed by atoms with E-state index in [0.29, 0.717) is 40.4 Å². The van der Waals surface area contributed by atoms with Gasteiger partial charge in [0, 0.05) is 54.1 Å². The van der Waals surface area contributed by atoms with Crippen LogP contribution in [-0.2, 0) is 0 Å². The van der Waals surface area contributed by atoms with E-state index in [9.17, 15) is 14.4 Å². The minimum Gasteiger partial charge on any atom is -0.366 e. The number of aromatic nitrogens is 1. The van der Waals surface area contributed by atoms with E-state index in [0.717, 1.165) is 63.0 Å². The van der Waals surface area contributed by atoms with Gasteiger partial charge in [-0.2, -0.15) is 0 Å². The fourth-order valence-electron chi connectivity index (χ4n) is 6.79. The van der Waals surface area contributed by atoms with E-state index < -0.39 is 5.91 Å². The Morgan fingerprint density at radius 3 is 2.20 bits per heavy atom. The summed E-state index contributed by atoms with van der Waals surface area (Å²) in [4.78, 5) is 47.2. The standard InChI is InChI=1S/C31H42N6O3/c1-18(2)36-11-5-6-22(17-36)34-30(39)21-7-10-28(33-16-21)37-24-8-9-25(37)15-23(14-24)35-31(40)27-13-19(3)26(29(32)38)12-20(27)4/h7,10,12-13,16,18,22-25H,5-6,8-9,11,14-15,17H2,1-4H3,(H2,32,38)(H,34,39)(H,35,40)/t22-,23?,24-,25+/m1/s1. The summed E-state index contributed by atoms with van der Waals surface area (Å²) in [6, 6.07) is 8.61. The number of fused-ring (bicyclic) bond motifs is 2. The smallest absolute Gasteiger partial charge is 0.253 e. The van der Waals surface area contributed by atoms with Crippen LogP contribution in [0.3, 0.4) is 0 Å². The lowest BCUT2D eigenvalue weighted by Gasteiger charge is -2.40. The normalized spacial score (nSPS) is 24.7. The zero-order valence-electron chi connectivity index (χ0n) is 24.1. The molecule has 9 nitrogen and oxygen atoms in total. The zero-order valence-corrected chi connectivity index (χ0v) is 24.1. The topological polar surface area (TPSA) is 121 Å². The van der Waals surface area contributed by atoms with Gasteiger partial charge < -0.3 is 21.3 Å². The van der Waals surface area contributed by atoms with Crippen LogP contribution in [-0.4, -0.2) is 70.9 Å². The Hall–Kier alpha value is -3.46. The molecule has 1 aromatic carbocycles. The number of amides is 3. The van der Waals surface area contributed by atoms with Crippen LogP contribution < -0.4 is 21.3 Å². The van der Waals surface area contributed by atoms with Crippen molar-refractivity contribution in [3.8, 4) is 0 Å². The predicted octanol–water partition coefficient (Wildman–Crippen LogP) is 3.33. The van der Waals surface area contributed by atoms with Crippen LogP contribution in [0.25, 0.3) is 0 Å². The van der Waals surface area contributed by atoms with E-state index in [2.05, 4.69) is 34.3 Å². The summed E-state index contributed by atoms with van der Waals surface area (Å²) >= 11 is 0. The monoisotopic (exact) mass is 546 g/mol. The molecule has 3 aliphatic rings. The molecule has 2 bridgehead atoms. The Morgan fingerprint density at radius 2 is 1.57 bits per heavy atom. The number of piperidine rings is 2. The minimum atomic E-state index is -0.485. The fraction of sp³-hybridized carbons (Fsp3) is 0.548. The van der Waals surface area contributed by atoms with Gasteiger partial charge in [-0.1, -0.05) is 0 Å². The molecular formula is C31H42N6O3. The largest absolute Gasteiger partial charge is 0.366 e. The van der Waals surface area contributed by atoms with E-state index in [4.69, 9.17) is 10.7 Å². The second-order valence-electron chi connectivity index (χ2n) is 12.1. The maximum Gasteiger partial charge on any atom is 0.253 e. The molecule has 4 N–H and O–H groups in total. The van der Waals surface area contributed by atoms with Gasteiger partial charge in [-0.15, -0.1) is 0 Å². The number of carbonyl (C=O) groups is 3. The molecule has 0 spiro atoms. The van der Waals surface area contributed by atoms with Gasteiger partial charge in [0.25, 0.3) is 11.8 Å². The minimum absolute atomic E-state index is 0.0616. The van der Waals surface area contributed by atoms with Crippen LogP contribution in [0.4, 0.5) is 5.82 Å². The molecule has 0 radical (unpaired) electrons. The highest BCUT2D eigenvalue weighted by atomic mass is 16.2. The molecule has 3 aliphatic heterocycles. The number of hydrogen-bond donors (Lipinski definition) is 3. The lowest BCUT2D eigenvalue weighted by atomic mass is 9.95. The van der Waals surface area contributed by atoms with Gasteiger partial charge in [0.15, 0.2) is 0 Å². The molecule has 9 heteroatoms. The first-order valence-corrected chi connectivity index (χ1v) is 14.6. The molecule has 2 aromatic rings. The quantitative estimate of drug-likeness (QED) is 0.490. The molecule has 5 rings (SSSR count). The van der Waals surface area contributed by atoms with Crippen molar-refractivity contribution in [3.05, 3.63) is 58.3 Å². The third-order valence-electron chi connectivity index (χ3n) is 8.94. The van der Waals surface area contributed by atoms with Crippen molar-refractivity contribution in [1.29, 1.82) is 0 Å². The van der Waals surface area contributed by atoms with Gasteiger partial charge in [0.05, 0.1) is 5.56 Å². The summed E-state index contributed by atoms with van der Waals surface area (Å²) in [5.41, 5.74) is 8.53. The number of rotatable bonds is 7. The Balaban J connectivity index is 1.19. The lowest BCUT2D eigenvalue weighted by molar-refractivity contribution is 0.0884. The number of likely N-dealkylation sites (tertiary alicyclic amines) is 1. The molecule has 214 valence electrons. The Kier molecular flexibility index (Phi) is 8.12. The van der Waals surface area contributed by atoms with Crippen molar-refractivity contribution in [2.24, 2.45) is 5.73 Å². The first kappa shape index (κ1) is 28.1. The van der Waals surface area contributed by atoms with E-state index in [-0.39, 0.29) is 23.9 Å². The van der Waals surface area contributed by atoms with E-state index in [1.54, 1.807) is 25.3 Å². The maximum absolute atomic E-state index is 13.2. The van der Waals surface area contributed by atoms with Crippen molar-refractivity contribution in [2.45, 2.75) is 96.4 Å². The summed E-state index contributed by atoms with van der Waals surface area (Å²) in [7, 11) is 0. The van der Waals surface area contributed by atoms with Crippen LogP contribution in [0.1, 0.15) is 94.6 Å². The van der Waals surface area contributed by atoms with Gasteiger partial charge in [0.2, 0.25) is 5.91 Å². The van der Waals surface area contributed by atoms with Crippen molar-refractivity contribution in [1.82, 2.24) is 20.5 Å². The van der Waals surface area contributed by atoms with Crippen molar-refractivity contribution >= 4 is 23.5 Å². The number of carbonyl (C=O) groups excluding carboxylic acids is 3. The van der Waals surface area contributed by atoms with Gasteiger partial charge in [-0.3, -0.25) is 19.3 Å². The Labute approximate surface area is 236 Å². The van der Waals surface area contributed by atoms with Crippen LogP contribution in [0, 0.1) is 13.8 Å². The molecule has 40 heavy (non-hydrogen) atoms. The second kappa shape index (κ2) is 11.6. The molecule has 3 saturated heterocycles. The Morgan fingerprint density at radius 1 is 0.925 bits per heavy atom. The number of anilines is 1. The number of nitrogens with one attached hydrogen (secondary N) is 2. The first-order valence-electron chi connectivity index (χ1n) is 14.6. The van der Waals surface area contributed by atoms with E-state index >= 15 is 0 Å². The molecule has 1 aromatic heterocycles. The second-order valence-corrected chi connectivity index (χ2v) is 12.1. The first-order chi connectivity index (χ1) is 19.1. The third-order valence-corrected chi connectivity index (χ3v) is 8.94. The highest BCUT2D eigenvalue weighted by Gasteiger charge is 2.42. The number of hydrogen-bond acceptors (Lipinski definition) is 6. The van der Waals surface area contributed by atoms with E-state index in [1.807, 2.05) is 19.1 Å². The number of aryl methyl sites for hydroxylation is 2. The summed E-state index contributed by atoms with van der Waals surface area (Å²) in [5.74, 6) is 0.234. The predicted molar refractivity (Wildman–Crippen MR) is 156 cm³/mol. The van der Waals surface area contributed by atoms with E-state index in [1.165, 1.54) is 0 Å². The van der Waals surface area contributed by atoms with Crippen molar-refractivity contribution in [2.75, 3.05) is 18.0 Å². The van der Waals surface area contributed by atoms with Gasteiger partial charge in [0.1, 0.15) is 5.82 Å². The SMILES string of the molecule is Cc1cc(C(=O)NC2C[C@H]3CC[C@@H](C2)N3c2ccc(C(=O)N[C@@H]3CCCN(C(C)C)C3)cn2)c(C)cc1C(N)=O. The van der Waals surface area contributed by atoms with Crippen molar-refractivity contribution < 1.29 is 14.4 Å². The number of primary amides is 1. The van der Waals surface area contributed by atoms with Crippen LogP contribution in [0.2, 0.25) is 0 Å². The molecule has 1 unspecified atom stereocenters. The van der Waals surface area contributed by atoms with Crippen LogP contribution in [0.15, 0.2) is 30.5 Å². The molecular weight excluding hydrogens is 504 g/mol. The summed E-state index contributed by atoms with van der Waals surface area (Å²) < 4.78 is 0. The molecule has 0 aliphatic carbocycles. The van der Waals surface area contributed by atoms with Crippen molar-refractivity contribution in [3.63, 3.8) is 0 Å². The molecule has 4 heterocycles. The Bertz CT molecular complexity index is 1260. The number of nitrogens with two attached hydrogens (primary N) is 1. The van der Waals surface area contributed by atoms with Gasteiger partial charge in [-0.05, 0) is 108 Å². The maximum atomic E-state index is 13.2. The van der Waals surface area contributed by atoms with Gasteiger partial charge in [-0.25, -0.2) is 4.98 Å². The summed E-state index contributed by atoms with van der Waals surface area (Å²) in [5, 5.41) is 6.44. The number of benzene rings is 1. The average Bonchev–Trinajstić information content (AvgIpc) is 3.19. The lowest BCUT2D eigenvalue weighted by Crippen LogP contribution is -2.51. The molecule has 0 saturated carbocycles. The third kappa shape index (κ3) is 5.84. The average molecular weight is 547 g/mol. The number of pyridine rings is 1. The van der Waals surface area contributed by atoms with Crippen LogP contribution in [0.5, 0.6) is 0 Å².